The van der Waals surface area contributed by atoms with Crippen molar-refractivity contribution in [3.8, 4) is 5.75 Å². The van der Waals surface area contributed by atoms with Gasteiger partial charge >= 0.3 is 0 Å². The van der Waals surface area contributed by atoms with Crippen LogP contribution in [0.1, 0.15) is 28.4 Å². The van der Waals surface area contributed by atoms with Gasteiger partial charge in [-0.1, -0.05) is 18.2 Å². The molecule has 4 heteroatoms. The molecule has 1 aliphatic heterocycles. The van der Waals surface area contributed by atoms with Crippen molar-refractivity contribution in [2.24, 2.45) is 0 Å². The van der Waals surface area contributed by atoms with Gasteiger partial charge in [0.1, 0.15) is 5.75 Å². The van der Waals surface area contributed by atoms with E-state index < -0.39 is 0 Å². The number of nitrogens with zero attached hydrogens (tertiary/aromatic N) is 1. The first-order valence-electron chi connectivity index (χ1n) is 7.66. The molecule has 2 aromatic carbocycles. The van der Waals surface area contributed by atoms with Crippen LogP contribution in [0.5, 0.6) is 5.75 Å². The van der Waals surface area contributed by atoms with Gasteiger partial charge in [-0.3, -0.25) is 9.59 Å². The number of carbonyl (C=O) groups excluding carboxylic acids is 2. The molecule has 0 fully saturated rings. The number of carbonyl (C=O) groups is 2. The van der Waals surface area contributed by atoms with Crippen LogP contribution in [0.2, 0.25) is 0 Å². The summed E-state index contributed by atoms with van der Waals surface area (Å²) in [5, 5.41) is 0. The molecule has 0 saturated carbocycles. The number of anilines is 1. The van der Waals surface area contributed by atoms with Crippen LogP contribution in [0.15, 0.2) is 42.5 Å². The monoisotopic (exact) mass is 309 g/mol. The number of benzene rings is 2. The Labute approximate surface area is 135 Å². The maximum atomic E-state index is 12.7. The summed E-state index contributed by atoms with van der Waals surface area (Å²) in [6, 6.07) is 13.2. The van der Waals surface area contributed by atoms with Gasteiger partial charge in [0.2, 0.25) is 5.91 Å². The van der Waals surface area contributed by atoms with E-state index in [1.54, 1.807) is 25.3 Å². The molecule has 0 unspecified atom stereocenters. The summed E-state index contributed by atoms with van der Waals surface area (Å²) in [4.78, 5) is 26.1. The van der Waals surface area contributed by atoms with E-state index in [0.29, 0.717) is 17.9 Å². The van der Waals surface area contributed by atoms with Crippen LogP contribution in [-0.4, -0.2) is 25.3 Å². The topological polar surface area (TPSA) is 46.6 Å². The van der Waals surface area contributed by atoms with Crippen LogP contribution in [0, 0.1) is 0 Å². The van der Waals surface area contributed by atoms with Crippen LogP contribution in [0.4, 0.5) is 5.69 Å². The summed E-state index contributed by atoms with van der Waals surface area (Å²) < 4.78 is 5.33. The minimum absolute atomic E-state index is 0.0205. The van der Waals surface area contributed by atoms with Crippen molar-refractivity contribution in [1.82, 2.24) is 0 Å². The van der Waals surface area contributed by atoms with E-state index in [2.05, 4.69) is 6.07 Å². The number of Topliss-reactive ketones (excluding diaryl/α,β-unsaturated/α-hetero) is 1. The molecule has 0 N–H and O–H groups in total. The highest BCUT2D eigenvalue weighted by Crippen LogP contribution is 2.29. The largest absolute Gasteiger partial charge is 0.496 e. The van der Waals surface area contributed by atoms with Gasteiger partial charge < -0.3 is 9.64 Å². The van der Waals surface area contributed by atoms with Gasteiger partial charge in [-0.2, -0.15) is 0 Å². The van der Waals surface area contributed by atoms with Gasteiger partial charge in [0.25, 0.3) is 0 Å². The normalized spacial score (nSPS) is 12.9. The van der Waals surface area contributed by atoms with Crippen molar-refractivity contribution in [3.05, 3.63) is 59.2 Å². The van der Waals surface area contributed by atoms with Crippen molar-refractivity contribution < 1.29 is 14.3 Å². The highest BCUT2D eigenvalue weighted by Gasteiger charge is 2.25. The lowest BCUT2D eigenvalue weighted by atomic mass is 10.0. The predicted molar refractivity (Wildman–Crippen MR) is 89.2 cm³/mol. The number of para-hydroxylation sites is 1. The third-order valence-electron chi connectivity index (χ3n) is 4.22. The zero-order valence-electron chi connectivity index (χ0n) is 13.3. The van der Waals surface area contributed by atoms with E-state index in [0.717, 1.165) is 17.7 Å². The highest BCUT2D eigenvalue weighted by atomic mass is 16.5. The number of fused-ring (bicyclic) bond motifs is 1. The summed E-state index contributed by atoms with van der Waals surface area (Å²) in [6.07, 6.45) is 1.10. The fourth-order valence-corrected chi connectivity index (χ4v) is 2.99. The Morgan fingerprint density at radius 2 is 1.96 bits per heavy atom. The molecule has 0 aliphatic carbocycles. The number of rotatable bonds is 4. The Morgan fingerprint density at radius 3 is 2.70 bits per heavy atom. The molecule has 0 bridgehead atoms. The summed E-state index contributed by atoms with van der Waals surface area (Å²) in [5.41, 5.74) is 3.52. The van der Waals surface area contributed by atoms with E-state index in [4.69, 9.17) is 4.74 Å². The standard InChI is InChI=1S/C19H19NO3/c1-13(21)15-7-8-18(23-2)16(11-15)12-19(22)20-10-9-14-5-3-4-6-17(14)20/h3-8,11H,9-10,12H2,1-2H3. The Kier molecular flexibility index (Phi) is 4.15. The second-order valence-electron chi connectivity index (χ2n) is 5.68. The fourth-order valence-electron chi connectivity index (χ4n) is 2.99. The first-order valence-corrected chi connectivity index (χ1v) is 7.66. The SMILES string of the molecule is COc1ccc(C(C)=O)cc1CC(=O)N1CCc2ccccc21. The van der Waals surface area contributed by atoms with Crippen molar-refractivity contribution in [1.29, 1.82) is 0 Å². The molecule has 4 nitrogen and oxygen atoms in total. The molecule has 0 aromatic heterocycles. The third kappa shape index (κ3) is 2.97. The molecule has 23 heavy (non-hydrogen) atoms. The quantitative estimate of drug-likeness (QED) is 0.816. The molecule has 0 saturated heterocycles. The Hall–Kier alpha value is -2.62. The lowest BCUT2D eigenvalue weighted by Gasteiger charge is -2.18. The average molecular weight is 309 g/mol. The van der Waals surface area contributed by atoms with Crippen molar-refractivity contribution >= 4 is 17.4 Å². The van der Waals surface area contributed by atoms with Crippen molar-refractivity contribution in [2.75, 3.05) is 18.6 Å². The number of methoxy groups -OCH3 is 1. The lowest BCUT2D eigenvalue weighted by molar-refractivity contribution is -0.117. The third-order valence-corrected chi connectivity index (χ3v) is 4.22. The maximum Gasteiger partial charge on any atom is 0.231 e. The number of amides is 1. The molecule has 1 amide bonds. The van der Waals surface area contributed by atoms with Gasteiger partial charge in [0, 0.05) is 23.4 Å². The highest BCUT2D eigenvalue weighted by molar-refractivity contribution is 5.98. The molecule has 0 radical (unpaired) electrons. The second-order valence-corrected chi connectivity index (χ2v) is 5.68. The first-order chi connectivity index (χ1) is 11.1. The van der Waals surface area contributed by atoms with E-state index >= 15 is 0 Å². The van der Waals surface area contributed by atoms with Crippen LogP contribution in [-0.2, 0) is 17.6 Å². The number of hydrogen-bond acceptors (Lipinski definition) is 3. The molecule has 0 spiro atoms. The van der Waals surface area contributed by atoms with Crippen LogP contribution in [0.3, 0.4) is 0 Å². The molecule has 1 aliphatic rings. The zero-order chi connectivity index (χ0) is 16.4. The van der Waals surface area contributed by atoms with Gasteiger partial charge in [-0.15, -0.1) is 0 Å². The van der Waals surface area contributed by atoms with E-state index in [1.165, 1.54) is 12.5 Å². The summed E-state index contributed by atoms with van der Waals surface area (Å²) in [7, 11) is 1.57. The van der Waals surface area contributed by atoms with Crippen molar-refractivity contribution in [3.63, 3.8) is 0 Å². The number of ketones is 1. The van der Waals surface area contributed by atoms with E-state index in [-0.39, 0.29) is 18.1 Å². The molecular weight excluding hydrogens is 290 g/mol. The second kappa shape index (κ2) is 6.24. The Morgan fingerprint density at radius 1 is 1.17 bits per heavy atom. The average Bonchev–Trinajstić information content (AvgIpc) is 2.98. The number of hydrogen-bond donors (Lipinski definition) is 0. The van der Waals surface area contributed by atoms with Crippen molar-refractivity contribution in [2.45, 2.75) is 19.8 Å². The van der Waals surface area contributed by atoms with Crippen LogP contribution in [0.25, 0.3) is 0 Å². The summed E-state index contributed by atoms with van der Waals surface area (Å²) in [6.45, 7) is 2.22. The van der Waals surface area contributed by atoms with Crippen LogP contribution >= 0.6 is 0 Å². The molecule has 1 heterocycles. The minimum atomic E-state index is -0.0205. The summed E-state index contributed by atoms with van der Waals surface area (Å²) >= 11 is 0. The maximum absolute atomic E-state index is 12.7. The lowest BCUT2D eigenvalue weighted by Crippen LogP contribution is -2.30. The fraction of sp³-hybridized carbons (Fsp3) is 0.263. The minimum Gasteiger partial charge on any atom is -0.496 e. The zero-order valence-corrected chi connectivity index (χ0v) is 13.3. The molecule has 2 aromatic rings. The van der Waals surface area contributed by atoms with E-state index in [1.807, 2.05) is 23.1 Å². The Bertz CT molecular complexity index is 767. The molecule has 0 atom stereocenters. The number of ether oxygens (including phenoxy) is 1. The van der Waals surface area contributed by atoms with Gasteiger partial charge in [0.05, 0.1) is 13.5 Å². The van der Waals surface area contributed by atoms with Crippen LogP contribution < -0.4 is 9.64 Å². The predicted octanol–water partition coefficient (Wildman–Crippen LogP) is 3.03. The summed E-state index contributed by atoms with van der Waals surface area (Å²) in [5.74, 6) is 0.637. The Balaban J connectivity index is 1.86. The van der Waals surface area contributed by atoms with Gasteiger partial charge in [-0.05, 0) is 43.2 Å². The van der Waals surface area contributed by atoms with Gasteiger partial charge in [0.15, 0.2) is 5.78 Å². The first kappa shape index (κ1) is 15.3. The molecule has 3 rings (SSSR count). The molecular formula is C19H19NO3. The van der Waals surface area contributed by atoms with Gasteiger partial charge in [-0.25, -0.2) is 0 Å². The van der Waals surface area contributed by atoms with E-state index in [9.17, 15) is 9.59 Å². The smallest absolute Gasteiger partial charge is 0.231 e. The molecule has 118 valence electrons.